The van der Waals surface area contributed by atoms with E-state index in [9.17, 15) is 14.7 Å². The molecule has 0 aliphatic carbocycles. The first-order valence-corrected chi connectivity index (χ1v) is 9.79. The van der Waals surface area contributed by atoms with Crippen molar-refractivity contribution < 1.29 is 9.90 Å². The molecule has 152 valence electrons. The Bertz CT molecular complexity index is 1040. The number of benzene rings is 2. The SMILES string of the molecule is Cc1ccc(C)c2[nH]c(=O)c(CN(CCCO)C(=O)NCc3ccccc3)cc12. The number of nitrogens with zero attached hydrogens (tertiary/aromatic N) is 1. The number of hydrogen-bond acceptors (Lipinski definition) is 3. The van der Waals surface area contributed by atoms with Crippen LogP contribution in [0.4, 0.5) is 4.79 Å². The van der Waals surface area contributed by atoms with E-state index in [1.54, 1.807) is 4.90 Å². The van der Waals surface area contributed by atoms with Crippen LogP contribution in [-0.2, 0) is 13.1 Å². The van der Waals surface area contributed by atoms with Crippen LogP contribution in [0.15, 0.2) is 53.3 Å². The molecule has 1 aromatic heterocycles. The third kappa shape index (κ3) is 5.03. The molecule has 2 amide bonds. The summed E-state index contributed by atoms with van der Waals surface area (Å²) in [7, 11) is 0. The summed E-state index contributed by atoms with van der Waals surface area (Å²) >= 11 is 0. The smallest absolute Gasteiger partial charge is 0.317 e. The fourth-order valence-corrected chi connectivity index (χ4v) is 3.34. The van der Waals surface area contributed by atoms with Crippen LogP contribution in [0.5, 0.6) is 0 Å². The number of aromatic nitrogens is 1. The van der Waals surface area contributed by atoms with Gasteiger partial charge in [-0.1, -0.05) is 42.5 Å². The number of aliphatic hydroxyl groups is 1. The second-order valence-corrected chi connectivity index (χ2v) is 7.25. The minimum atomic E-state index is -0.261. The molecule has 0 unspecified atom stereocenters. The number of rotatable bonds is 7. The zero-order valence-corrected chi connectivity index (χ0v) is 16.9. The summed E-state index contributed by atoms with van der Waals surface area (Å²) < 4.78 is 0. The van der Waals surface area contributed by atoms with Crippen molar-refractivity contribution in [3.8, 4) is 0 Å². The molecule has 0 saturated carbocycles. The first-order chi connectivity index (χ1) is 14.0. The van der Waals surface area contributed by atoms with Crippen molar-refractivity contribution in [1.29, 1.82) is 0 Å². The molecule has 29 heavy (non-hydrogen) atoms. The van der Waals surface area contributed by atoms with E-state index < -0.39 is 0 Å². The lowest BCUT2D eigenvalue weighted by molar-refractivity contribution is 0.186. The largest absolute Gasteiger partial charge is 0.396 e. The average Bonchev–Trinajstić information content (AvgIpc) is 2.73. The zero-order valence-electron chi connectivity index (χ0n) is 16.9. The van der Waals surface area contributed by atoms with Gasteiger partial charge in [-0.25, -0.2) is 4.79 Å². The lowest BCUT2D eigenvalue weighted by Gasteiger charge is -2.23. The highest BCUT2D eigenvalue weighted by molar-refractivity contribution is 5.85. The number of H-pyrrole nitrogens is 1. The second kappa shape index (κ2) is 9.39. The number of aliphatic hydroxyl groups excluding tert-OH is 1. The molecule has 2 aromatic carbocycles. The van der Waals surface area contributed by atoms with Gasteiger partial charge in [0.1, 0.15) is 0 Å². The number of carbonyl (C=O) groups excluding carboxylic acids is 1. The maximum atomic E-state index is 12.7. The molecule has 3 N–H and O–H groups in total. The standard InChI is InChI=1S/C23H27N3O3/c1-16-9-10-17(2)21-20(16)13-19(22(28)25-21)15-26(11-6-12-27)23(29)24-14-18-7-4-3-5-8-18/h3-5,7-10,13,27H,6,11-12,14-15H2,1-2H3,(H,24,29)(H,25,28). The van der Waals surface area contributed by atoms with Gasteiger partial charge in [0.25, 0.3) is 5.56 Å². The Hall–Kier alpha value is -3.12. The van der Waals surface area contributed by atoms with E-state index in [4.69, 9.17) is 0 Å². The molecule has 6 nitrogen and oxygen atoms in total. The van der Waals surface area contributed by atoms with Gasteiger partial charge in [-0.15, -0.1) is 0 Å². The van der Waals surface area contributed by atoms with Gasteiger partial charge in [-0.2, -0.15) is 0 Å². The van der Waals surface area contributed by atoms with Crippen molar-refractivity contribution in [3.05, 3.63) is 81.1 Å². The van der Waals surface area contributed by atoms with E-state index >= 15 is 0 Å². The van der Waals surface area contributed by atoms with Gasteiger partial charge in [0.2, 0.25) is 0 Å². The lowest BCUT2D eigenvalue weighted by atomic mass is 10.0. The molecule has 0 bridgehead atoms. The number of fused-ring (bicyclic) bond motifs is 1. The molecule has 0 atom stereocenters. The number of carbonyl (C=O) groups is 1. The molecule has 0 fully saturated rings. The predicted molar refractivity (Wildman–Crippen MR) is 115 cm³/mol. The quantitative estimate of drug-likeness (QED) is 0.576. The normalized spacial score (nSPS) is 10.9. The van der Waals surface area contributed by atoms with Crippen LogP contribution in [0.25, 0.3) is 10.9 Å². The van der Waals surface area contributed by atoms with Crippen molar-refractivity contribution >= 4 is 16.9 Å². The number of amides is 2. The van der Waals surface area contributed by atoms with Crippen LogP contribution in [0.3, 0.4) is 0 Å². The van der Waals surface area contributed by atoms with Gasteiger partial charge >= 0.3 is 6.03 Å². The van der Waals surface area contributed by atoms with Crippen molar-refractivity contribution in [2.75, 3.05) is 13.2 Å². The summed E-state index contributed by atoms with van der Waals surface area (Å²) in [6, 6.07) is 15.3. The molecule has 0 saturated heterocycles. The minimum Gasteiger partial charge on any atom is -0.396 e. The Morgan fingerprint density at radius 3 is 2.55 bits per heavy atom. The maximum Gasteiger partial charge on any atom is 0.317 e. The Balaban J connectivity index is 1.82. The zero-order chi connectivity index (χ0) is 20.8. The summed E-state index contributed by atoms with van der Waals surface area (Å²) in [5, 5.41) is 13.1. The van der Waals surface area contributed by atoms with Gasteiger partial charge in [-0.3, -0.25) is 4.79 Å². The number of urea groups is 1. The summed E-state index contributed by atoms with van der Waals surface area (Å²) in [6.45, 7) is 4.89. The Labute approximate surface area is 170 Å². The van der Waals surface area contributed by atoms with Crippen LogP contribution in [0.2, 0.25) is 0 Å². The second-order valence-electron chi connectivity index (χ2n) is 7.25. The molecular weight excluding hydrogens is 366 g/mol. The predicted octanol–water partition coefficient (Wildman–Crippen LogP) is 3.24. The van der Waals surface area contributed by atoms with Gasteiger partial charge in [-0.05, 0) is 43.0 Å². The minimum absolute atomic E-state index is 0.0190. The topological polar surface area (TPSA) is 85.4 Å². The van der Waals surface area contributed by atoms with E-state index in [-0.39, 0.29) is 24.7 Å². The fourth-order valence-electron chi connectivity index (χ4n) is 3.34. The summed E-state index contributed by atoms with van der Waals surface area (Å²) in [5.74, 6) is 0. The first-order valence-electron chi connectivity index (χ1n) is 9.79. The maximum absolute atomic E-state index is 12.7. The molecular formula is C23H27N3O3. The van der Waals surface area contributed by atoms with Gasteiger partial charge in [0.15, 0.2) is 0 Å². The van der Waals surface area contributed by atoms with E-state index in [0.29, 0.717) is 25.1 Å². The summed E-state index contributed by atoms with van der Waals surface area (Å²) in [4.78, 5) is 29.9. The van der Waals surface area contributed by atoms with Gasteiger partial charge < -0.3 is 20.3 Å². The lowest BCUT2D eigenvalue weighted by Crippen LogP contribution is -2.41. The third-order valence-corrected chi connectivity index (χ3v) is 5.04. The van der Waals surface area contributed by atoms with Crippen molar-refractivity contribution in [2.24, 2.45) is 0 Å². The van der Waals surface area contributed by atoms with Gasteiger partial charge in [0, 0.05) is 30.6 Å². The van der Waals surface area contributed by atoms with Crippen LogP contribution in [0.1, 0.15) is 28.7 Å². The molecule has 0 radical (unpaired) electrons. The van der Waals surface area contributed by atoms with Crippen molar-refractivity contribution in [1.82, 2.24) is 15.2 Å². The number of aryl methyl sites for hydroxylation is 2. The van der Waals surface area contributed by atoms with Crippen LogP contribution >= 0.6 is 0 Å². The molecule has 6 heteroatoms. The molecule has 3 aromatic rings. The summed E-state index contributed by atoms with van der Waals surface area (Å²) in [5.41, 5.74) is 4.23. The molecule has 0 spiro atoms. The number of aromatic amines is 1. The third-order valence-electron chi connectivity index (χ3n) is 5.04. The number of nitrogens with one attached hydrogen (secondary N) is 2. The van der Waals surface area contributed by atoms with Gasteiger partial charge in [0.05, 0.1) is 12.1 Å². The van der Waals surface area contributed by atoms with Crippen LogP contribution < -0.4 is 10.9 Å². The Morgan fingerprint density at radius 1 is 1.10 bits per heavy atom. The van der Waals surface area contributed by atoms with E-state index in [2.05, 4.69) is 10.3 Å². The molecule has 0 aliphatic heterocycles. The molecule has 0 aliphatic rings. The summed E-state index contributed by atoms with van der Waals surface area (Å²) in [6.07, 6.45) is 0.447. The number of hydrogen-bond donors (Lipinski definition) is 3. The monoisotopic (exact) mass is 393 g/mol. The van der Waals surface area contributed by atoms with E-state index in [1.165, 1.54) is 0 Å². The fraction of sp³-hybridized carbons (Fsp3) is 0.304. The van der Waals surface area contributed by atoms with E-state index in [0.717, 1.165) is 27.6 Å². The Morgan fingerprint density at radius 2 is 1.83 bits per heavy atom. The van der Waals surface area contributed by atoms with Crippen molar-refractivity contribution in [2.45, 2.75) is 33.4 Å². The average molecular weight is 393 g/mol. The molecule has 3 rings (SSSR count). The van der Waals surface area contributed by atoms with Crippen molar-refractivity contribution in [3.63, 3.8) is 0 Å². The number of pyridine rings is 1. The highest BCUT2D eigenvalue weighted by atomic mass is 16.3. The van der Waals surface area contributed by atoms with Crippen LogP contribution in [-0.4, -0.2) is 34.2 Å². The Kier molecular flexibility index (Phi) is 6.67. The first kappa shape index (κ1) is 20.6. The van der Waals surface area contributed by atoms with E-state index in [1.807, 2.05) is 62.4 Å². The highest BCUT2D eigenvalue weighted by Gasteiger charge is 2.16. The molecule has 1 heterocycles. The van der Waals surface area contributed by atoms with Crippen LogP contribution in [0, 0.1) is 13.8 Å². The highest BCUT2D eigenvalue weighted by Crippen LogP contribution is 2.20.